The van der Waals surface area contributed by atoms with Crippen molar-refractivity contribution in [1.29, 1.82) is 0 Å². The molecule has 0 aliphatic heterocycles. The number of fused-ring (bicyclic) bond motifs is 1. The van der Waals surface area contributed by atoms with Gasteiger partial charge in [0.15, 0.2) is 0 Å². The number of amides is 1. The number of carbonyl (C=O) groups excluding carboxylic acids is 1. The first-order valence-electron chi connectivity index (χ1n) is 7.44. The molecule has 3 N–H and O–H groups in total. The maximum absolute atomic E-state index is 12.2. The van der Waals surface area contributed by atoms with Gasteiger partial charge < -0.3 is 11.1 Å². The van der Waals surface area contributed by atoms with Gasteiger partial charge in [-0.05, 0) is 54.5 Å². The number of rotatable bonds is 4. The molecule has 1 unspecified atom stereocenters. The van der Waals surface area contributed by atoms with E-state index in [2.05, 4.69) is 17.4 Å². The standard InChI is InChI=1S/C18H20N2O/c19-17(11-13-5-2-1-3-6-13)18(21)20-16-10-9-14-7-4-8-15(14)12-16/h1-3,5-6,9-10,12,17H,4,7-8,11,19H2,(H,20,21). The second-order valence-electron chi connectivity index (χ2n) is 5.62. The van der Waals surface area contributed by atoms with E-state index in [0.29, 0.717) is 6.42 Å². The number of carbonyl (C=O) groups is 1. The molecule has 0 fully saturated rings. The molecule has 21 heavy (non-hydrogen) atoms. The van der Waals surface area contributed by atoms with Gasteiger partial charge in [0.25, 0.3) is 0 Å². The summed E-state index contributed by atoms with van der Waals surface area (Å²) in [6.45, 7) is 0. The van der Waals surface area contributed by atoms with Crippen LogP contribution in [0.5, 0.6) is 0 Å². The zero-order chi connectivity index (χ0) is 14.7. The Morgan fingerprint density at radius 1 is 1.10 bits per heavy atom. The van der Waals surface area contributed by atoms with Crippen LogP contribution in [0.15, 0.2) is 48.5 Å². The fourth-order valence-corrected chi connectivity index (χ4v) is 2.85. The highest BCUT2D eigenvalue weighted by Crippen LogP contribution is 2.24. The summed E-state index contributed by atoms with van der Waals surface area (Å²) < 4.78 is 0. The van der Waals surface area contributed by atoms with Gasteiger partial charge in [-0.3, -0.25) is 4.79 Å². The molecule has 0 spiro atoms. The molecule has 0 radical (unpaired) electrons. The lowest BCUT2D eigenvalue weighted by Crippen LogP contribution is -2.37. The molecule has 3 rings (SSSR count). The summed E-state index contributed by atoms with van der Waals surface area (Å²) in [5, 5.41) is 2.93. The Labute approximate surface area is 125 Å². The minimum Gasteiger partial charge on any atom is -0.325 e. The van der Waals surface area contributed by atoms with Gasteiger partial charge in [0.1, 0.15) is 0 Å². The summed E-state index contributed by atoms with van der Waals surface area (Å²) in [5.74, 6) is -0.128. The van der Waals surface area contributed by atoms with Gasteiger partial charge in [0.05, 0.1) is 6.04 Å². The van der Waals surface area contributed by atoms with Crippen molar-refractivity contribution >= 4 is 11.6 Å². The first-order chi connectivity index (χ1) is 10.2. The van der Waals surface area contributed by atoms with Gasteiger partial charge in [0.2, 0.25) is 5.91 Å². The Balaban J connectivity index is 1.63. The molecule has 1 atom stereocenters. The smallest absolute Gasteiger partial charge is 0.241 e. The minimum atomic E-state index is -0.527. The highest BCUT2D eigenvalue weighted by atomic mass is 16.2. The van der Waals surface area contributed by atoms with Crippen LogP contribution in [-0.4, -0.2) is 11.9 Å². The summed E-state index contributed by atoms with van der Waals surface area (Å²) in [7, 11) is 0. The third kappa shape index (κ3) is 3.31. The van der Waals surface area contributed by atoms with Crippen molar-refractivity contribution in [3.8, 4) is 0 Å². The van der Waals surface area contributed by atoms with Crippen molar-refractivity contribution < 1.29 is 4.79 Å². The average Bonchev–Trinajstić information content (AvgIpc) is 2.95. The number of anilines is 1. The number of nitrogens with two attached hydrogens (primary N) is 1. The first kappa shape index (κ1) is 13.8. The number of nitrogens with one attached hydrogen (secondary N) is 1. The predicted molar refractivity (Wildman–Crippen MR) is 85.2 cm³/mol. The molecule has 3 heteroatoms. The fourth-order valence-electron chi connectivity index (χ4n) is 2.85. The Morgan fingerprint density at radius 3 is 2.67 bits per heavy atom. The van der Waals surface area contributed by atoms with Crippen LogP contribution in [0.2, 0.25) is 0 Å². The monoisotopic (exact) mass is 280 g/mol. The number of hydrogen-bond acceptors (Lipinski definition) is 2. The van der Waals surface area contributed by atoms with Gasteiger partial charge in [-0.15, -0.1) is 0 Å². The van der Waals surface area contributed by atoms with E-state index in [9.17, 15) is 4.79 Å². The summed E-state index contributed by atoms with van der Waals surface area (Å²) in [6, 6.07) is 15.5. The molecular weight excluding hydrogens is 260 g/mol. The van der Waals surface area contributed by atoms with Gasteiger partial charge in [0, 0.05) is 5.69 Å². The van der Waals surface area contributed by atoms with Crippen molar-refractivity contribution in [3.05, 3.63) is 65.2 Å². The lowest BCUT2D eigenvalue weighted by Gasteiger charge is -2.13. The van der Waals surface area contributed by atoms with Crippen LogP contribution in [0, 0.1) is 0 Å². The van der Waals surface area contributed by atoms with E-state index in [1.54, 1.807) is 0 Å². The Morgan fingerprint density at radius 2 is 1.86 bits per heavy atom. The molecule has 108 valence electrons. The molecule has 1 aliphatic rings. The predicted octanol–water partition coefficient (Wildman–Crippen LogP) is 2.68. The summed E-state index contributed by atoms with van der Waals surface area (Å²) in [6.07, 6.45) is 4.02. The van der Waals surface area contributed by atoms with E-state index >= 15 is 0 Å². The molecule has 0 saturated carbocycles. The summed E-state index contributed by atoms with van der Waals surface area (Å²) >= 11 is 0. The summed E-state index contributed by atoms with van der Waals surface area (Å²) in [4.78, 5) is 12.2. The van der Waals surface area contributed by atoms with E-state index in [1.165, 1.54) is 17.5 Å². The molecule has 2 aromatic carbocycles. The maximum atomic E-state index is 12.2. The lowest BCUT2D eigenvalue weighted by molar-refractivity contribution is -0.117. The second kappa shape index (κ2) is 6.10. The van der Waals surface area contributed by atoms with Gasteiger partial charge in [-0.1, -0.05) is 36.4 Å². The van der Waals surface area contributed by atoms with Crippen molar-refractivity contribution in [2.75, 3.05) is 5.32 Å². The van der Waals surface area contributed by atoms with E-state index in [0.717, 1.165) is 24.1 Å². The fraction of sp³-hybridized carbons (Fsp3) is 0.278. The van der Waals surface area contributed by atoms with Crippen LogP contribution >= 0.6 is 0 Å². The van der Waals surface area contributed by atoms with Crippen LogP contribution in [0.1, 0.15) is 23.1 Å². The lowest BCUT2D eigenvalue weighted by atomic mass is 10.1. The first-order valence-corrected chi connectivity index (χ1v) is 7.44. The molecule has 2 aromatic rings. The molecule has 0 aromatic heterocycles. The van der Waals surface area contributed by atoms with Crippen LogP contribution in [-0.2, 0) is 24.1 Å². The van der Waals surface area contributed by atoms with Crippen molar-refractivity contribution in [3.63, 3.8) is 0 Å². The van der Waals surface area contributed by atoms with E-state index in [1.807, 2.05) is 36.4 Å². The molecule has 1 aliphatic carbocycles. The quantitative estimate of drug-likeness (QED) is 0.904. The topological polar surface area (TPSA) is 55.1 Å². The molecule has 0 bridgehead atoms. The highest BCUT2D eigenvalue weighted by Gasteiger charge is 2.16. The molecule has 0 heterocycles. The SMILES string of the molecule is NC(Cc1ccccc1)C(=O)Nc1ccc2c(c1)CCC2. The Bertz CT molecular complexity index is 637. The maximum Gasteiger partial charge on any atom is 0.241 e. The Hall–Kier alpha value is -2.13. The minimum absolute atomic E-state index is 0.128. The van der Waals surface area contributed by atoms with Gasteiger partial charge >= 0.3 is 0 Å². The van der Waals surface area contributed by atoms with Crippen LogP contribution < -0.4 is 11.1 Å². The second-order valence-corrected chi connectivity index (χ2v) is 5.62. The van der Waals surface area contributed by atoms with E-state index < -0.39 is 6.04 Å². The van der Waals surface area contributed by atoms with Crippen LogP contribution in [0.4, 0.5) is 5.69 Å². The average molecular weight is 280 g/mol. The number of benzene rings is 2. The van der Waals surface area contributed by atoms with Crippen LogP contribution in [0.3, 0.4) is 0 Å². The van der Waals surface area contributed by atoms with Crippen LogP contribution in [0.25, 0.3) is 0 Å². The largest absolute Gasteiger partial charge is 0.325 e. The third-order valence-corrected chi connectivity index (χ3v) is 4.00. The Kier molecular flexibility index (Phi) is 4.02. The zero-order valence-electron chi connectivity index (χ0n) is 12.0. The highest BCUT2D eigenvalue weighted by molar-refractivity contribution is 5.95. The van der Waals surface area contributed by atoms with Gasteiger partial charge in [-0.25, -0.2) is 0 Å². The molecule has 0 saturated heterocycles. The molecule has 1 amide bonds. The zero-order valence-corrected chi connectivity index (χ0v) is 12.0. The number of hydrogen-bond donors (Lipinski definition) is 2. The third-order valence-electron chi connectivity index (χ3n) is 4.00. The van der Waals surface area contributed by atoms with Gasteiger partial charge in [-0.2, -0.15) is 0 Å². The summed E-state index contributed by atoms with van der Waals surface area (Å²) in [5.41, 5.74) is 10.7. The molecule has 3 nitrogen and oxygen atoms in total. The molecular formula is C18H20N2O. The number of aryl methyl sites for hydroxylation is 2. The van der Waals surface area contributed by atoms with Crippen molar-refractivity contribution in [1.82, 2.24) is 0 Å². The van der Waals surface area contributed by atoms with E-state index in [4.69, 9.17) is 5.73 Å². The van der Waals surface area contributed by atoms with E-state index in [-0.39, 0.29) is 5.91 Å². The normalized spacial score (nSPS) is 14.5. The van der Waals surface area contributed by atoms with Crippen molar-refractivity contribution in [2.45, 2.75) is 31.7 Å². The van der Waals surface area contributed by atoms with Crippen molar-refractivity contribution in [2.24, 2.45) is 5.73 Å².